The van der Waals surface area contributed by atoms with Crippen molar-refractivity contribution in [3.63, 3.8) is 0 Å². The highest BCUT2D eigenvalue weighted by molar-refractivity contribution is 5.98. The van der Waals surface area contributed by atoms with Crippen molar-refractivity contribution in [2.24, 2.45) is 5.92 Å². The average molecular weight is 343 g/mol. The summed E-state index contributed by atoms with van der Waals surface area (Å²) in [6.45, 7) is 6.87. The van der Waals surface area contributed by atoms with E-state index in [1.807, 2.05) is 17.9 Å². The summed E-state index contributed by atoms with van der Waals surface area (Å²) < 4.78 is 14.5. The third-order valence-electron chi connectivity index (χ3n) is 5.24. The number of unbranched alkanes of at least 4 members (excludes halogenated alkanes) is 1. The molecule has 1 N–H and O–H groups in total. The molecule has 0 unspecified atom stereocenters. The predicted molar refractivity (Wildman–Crippen MR) is 95.9 cm³/mol. The van der Waals surface area contributed by atoms with E-state index in [1.165, 1.54) is 6.07 Å². The van der Waals surface area contributed by atoms with Crippen LogP contribution in [-0.4, -0.2) is 27.5 Å². The lowest BCUT2D eigenvalue weighted by atomic mass is 9.95. The molecule has 0 saturated carbocycles. The summed E-state index contributed by atoms with van der Waals surface area (Å²) in [4.78, 5) is 14.8. The predicted octanol–water partition coefficient (Wildman–Crippen LogP) is 4.62. The third-order valence-corrected chi connectivity index (χ3v) is 5.24. The number of hydrogen-bond acceptors (Lipinski definition) is 2. The van der Waals surface area contributed by atoms with Gasteiger partial charge >= 0.3 is 0 Å². The number of carbonyl (C=O) groups is 1. The Labute approximate surface area is 148 Å². The highest BCUT2D eigenvalue weighted by Gasteiger charge is 2.42. The van der Waals surface area contributed by atoms with E-state index in [0.29, 0.717) is 23.7 Å². The average Bonchev–Trinajstić information content (AvgIpc) is 3.11. The fourth-order valence-electron chi connectivity index (χ4n) is 3.75. The quantitative estimate of drug-likeness (QED) is 0.797. The van der Waals surface area contributed by atoms with Gasteiger partial charge in [0.05, 0.1) is 6.04 Å². The van der Waals surface area contributed by atoms with Crippen LogP contribution in [0.2, 0.25) is 0 Å². The molecular formula is C20H26FN3O. The Kier molecular flexibility index (Phi) is 5.21. The molecule has 25 heavy (non-hydrogen) atoms. The summed E-state index contributed by atoms with van der Waals surface area (Å²) in [5.74, 6) is 0.0503. The number of H-pyrrole nitrogens is 1. The van der Waals surface area contributed by atoms with Crippen LogP contribution in [0.15, 0.2) is 24.3 Å². The number of benzene rings is 1. The van der Waals surface area contributed by atoms with E-state index in [0.717, 1.165) is 36.9 Å². The van der Waals surface area contributed by atoms with Crippen LogP contribution >= 0.6 is 0 Å². The van der Waals surface area contributed by atoms with Crippen LogP contribution in [-0.2, 0) is 0 Å². The van der Waals surface area contributed by atoms with Crippen molar-refractivity contribution in [1.29, 1.82) is 0 Å². The summed E-state index contributed by atoms with van der Waals surface area (Å²) in [5, 5.41) is 7.08. The fourth-order valence-corrected chi connectivity index (χ4v) is 3.75. The largest absolute Gasteiger partial charge is 0.326 e. The Hall–Kier alpha value is -2.17. The van der Waals surface area contributed by atoms with Crippen LogP contribution in [0.4, 0.5) is 4.39 Å². The van der Waals surface area contributed by atoms with Crippen LogP contribution in [0.1, 0.15) is 72.9 Å². The second kappa shape index (κ2) is 7.38. The van der Waals surface area contributed by atoms with Crippen LogP contribution in [0, 0.1) is 18.7 Å². The van der Waals surface area contributed by atoms with Crippen LogP contribution in [0.5, 0.6) is 0 Å². The Balaban J connectivity index is 1.98. The smallest absolute Gasteiger partial charge is 0.275 e. The first-order valence-electron chi connectivity index (χ1n) is 9.18. The first-order chi connectivity index (χ1) is 12.1. The molecule has 0 fully saturated rings. The summed E-state index contributed by atoms with van der Waals surface area (Å²) in [6.07, 6.45) is 4.39. The molecule has 0 radical (unpaired) electrons. The van der Waals surface area contributed by atoms with Crippen molar-refractivity contribution >= 4 is 5.91 Å². The normalized spacial score (nSPS) is 17.8. The van der Waals surface area contributed by atoms with Crippen molar-refractivity contribution in [3.8, 4) is 0 Å². The molecule has 0 saturated heterocycles. The van der Waals surface area contributed by atoms with Gasteiger partial charge in [0.15, 0.2) is 5.69 Å². The van der Waals surface area contributed by atoms with E-state index in [4.69, 9.17) is 0 Å². The Bertz CT molecular complexity index is 755. The molecule has 1 aromatic heterocycles. The molecule has 0 bridgehead atoms. The second-order valence-electron chi connectivity index (χ2n) is 6.91. The minimum atomic E-state index is -0.391. The lowest BCUT2D eigenvalue weighted by Gasteiger charge is -2.30. The van der Waals surface area contributed by atoms with E-state index < -0.39 is 6.04 Å². The van der Waals surface area contributed by atoms with Gasteiger partial charge in [0.1, 0.15) is 5.82 Å². The van der Waals surface area contributed by atoms with Crippen LogP contribution in [0.25, 0.3) is 0 Å². The Morgan fingerprint density at radius 2 is 2.08 bits per heavy atom. The maximum atomic E-state index is 14.5. The third kappa shape index (κ3) is 3.20. The number of rotatable bonds is 7. The molecule has 3 rings (SSSR count). The molecule has 1 aromatic carbocycles. The zero-order valence-corrected chi connectivity index (χ0v) is 15.2. The van der Waals surface area contributed by atoms with E-state index >= 15 is 0 Å². The number of aromatic nitrogens is 2. The number of halogens is 1. The lowest BCUT2D eigenvalue weighted by Crippen LogP contribution is -2.34. The number of aryl methyl sites for hydroxylation is 1. The van der Waals surface area contributed by atoms with Crippen LogP contribution < -0.4 is 0 Å². The van der Waals surface area contributed by atoms with Crippen molar-refractivity contribution in [2.45, 2.75) is 52.5 Å². The molecule has 134 valence electrons. The van der Waals surface area contributed by atoms with Crippen molar-refractivity contribution in [2.75, 3.05) is 6.54 Å². The SMILES string of the molecule is CCCC[C@@H](CC)CN1C(=O)c2n[nH]c(C)c2[C@@H]1c1ccccc1F. The second-order valence-corrected chi connectivity index (χ2v) is 6.91. The molecule has 0 spiro atoms. The van der Waals surface area contributed by atoms with Gasteiger partial charge < -0.3 is 4.90 Å². The van der Waals surface area contributed by atoms with Gasteiger partial charge in [0.2, 0.25) is 0 Å². The van der Waals surface area contributed by atoms with E-state index in [2.05, 4.69) is 24.0 Å². The highest BCUT2D eigenvalue weighted by atomic mass is 19.1. The van der Waals surface area contributed by atoms with Crippen LogP contribution in [0.3, 0.4) is 0 Å². The van der Waals surface area contributed by atoms with Gasteiger partial charge in [-0.25, -0.2) is 4.39 Å². The summed E-state index contributed by atoms with van der Waals surface area (Å²) in [6, 6.07) is 6.34. The van der Waals surface area contributed by atoms with Gasteiger partial charge in [-0.3, -0.25) is 9.89 Å². The molecule has 1 amide bonds. The topological polar surface area (TPSA) is 49.0 Å². The maximum Gasteiger partial charge on any atom is 0.275 e. The summed E-state index contributed by atoms with van der Waals surface area (Å²) in [5.41, 5.74) is 2.64. The van der Waals surface area contributed by atoms with E-state index in [-0.39, 0.29) is 11.7 Å². The monoisotopic (exact) mass is 343 g/mol. The maximum absolute atomic E-state index is 14.5. The minimum Gasteiger partial charge on any atom is -0.326 e. The first-order valence-corrected chi connectivity index (χ1v) is 9.18. The molecule has 2 aromatic rings. The minimum absolute atomic E-state index is 0.0949. The Morgan fingerprint density at radius 1 is 1.32 bits per heavy atom. The van der Waals surface area contributed by atoms with E-state index in [9.17, 15) is 9.18 Å². The molecule has 1 aliphatic rings. The molecule has 0 aliphatic carbocycles. The number of aromatic amines is 1. The van der Waals surface area contributed by atoms with Crippen molar-refractivity contribution < 1.29 is 9.18 Å². The van der Waals surface area contributed by atoms with Gasteiger partial charge in [-0.15, -0.1) is 0 Å². The number of nitrogens with one attached hydrogen (secondary N) is 1. The van der Waals surface area contributed by atoms with Gasteiger partial charge in [-0.1, -0.05) is 51.3 Å². The van der Waals surface area contributed by atoms with Gasteiger partial charge in [-0.05, 0) is 25.3 Å². The summed E-state index contributed by atoms with van der Waals surface area (Å²) in [7, 11) is 0. The number of amides is 1. The number of hydrogen-bond donors (Lipinski definition) is 1. The molecule has 2 atom stereocenters. The highest BCUT2D eigenvalue weighted by Crippen LogP contribution is 2.41. The number of carbonyl (C=O) groups excluding carboxylic acids is 1. The molecular weight excluding hydrogens is 317 g/mol. The Morgan fingerprint density at radius 3 is 2.76 bits per heavy atom. The lowest BCUT2D eigenvalue weighted by molar-refractivity contribution is 0.0704. The summed E-state index contributed by atoms with van der Waals surface area (Å²) >= 11 is 0. The number of nitrogens with zero attached hydrogens (tertiary/aromatic N) is 2. The zero-order valence-electron chi connectivity index (χ0n) is 15.2. The van der Waals surface area contributed by atoms with Gasteiger partial charge in [0, 0.05) is 23.4 Å². The molecule has 5 heteroatoms. The van der Waals surface area contributed by atoms with Crippen molar-refractivity contribution in [1.82, 2.24) is 15.1 Å². The zero-order chi connectivity index (χ0) is 18.0. The standard InChI is InChI=1S/C20H26FN3O/c1-4-6-9-14(5-2)12-24-19(15-10-7-8-11-16(15)21)17-13(3)22-23-18(17)20(24)25/h7-8,10-11,14,19H,4-6,9,12H2,1-3H3,(H,22,23)/t14-,19+/m1/s1. The number of fused-ring (bicyclic) bond motifs is 1. The molecule has 4 nitrogen and oxygen atoms in total. The molecule has 1 aliphatic heterocycles. The van der Waals surface area contributed by atoms with E-state index in [1.54, 1.807) is 12.1 Å². The molecule has 2 heterocycles. The van der Waals surface area contributed by atoms with Crippen molar-refractivity contribution in [3.05, 3.63) is 52.6 Å². The van der Waals surface area contributed by atoms with Gasteiger partial charge in [0.25, 0.3) is 5.91 Å². The first kappa shape index (κ1) is 17.6. The van der Waals surface area contributed by atoms with Gasteiger partial charge in [-0.2, -0.15) is 5.10 Å². The fraction of sp³-hybridized carbons (Fsp3) is 0.500.